The monoisotopic (exact) mass is 253 g/mol. The molecule has 4 nitrogen and oxygen atoms in total. The molecule has 0 aromatic carbocycles. The highest BCUT2D eigenvalue weighted by molar-refractivity contribution is 5.84. The maximum absolute atomic E-state index is 11.7. The van der Waals surface area contributed by atoms with Crippen molar-refractivity contribution in [1.29, 1.82) is 0 Å². The van der Waals surface area contributed by atoms with Crippen LogP contribution < -0.4 is 5.32 Å². The molecule has 1 aliphatic rings. The Morgan fingerprint density at radius 2 is 2.00 bits per heavy atom. The fourth-order valence-electron chi connectivity index (χ4n) is 2.04. The molecule has 0 aromatic rings. The van der Waals surface area contributed by atoms with Crippen molar-refractivity contribution >= 4 is 11.9 Å². The lowest BCUT2D eigenvalue weighted by Crippen LogP contribution is -2.28. The minimum absolute atomic E-state index is 0.0207. The first-order chi connectivity index (χ1) is 8.74. The maximum atomic E-state index is 11.7. The summed E-state index contributed by atoms with van der Waals surface area (Å²) in [5.41, 5.74) is 0. The first-order valence-electron chi connectivity index (χ1n) is 6.87. The molecule has 1 saturated carbocycles. The smallest absolute Gasteiger partial charge is 0.332 e. The van der Waals surface area contributed by atoms with E-state index < -0.39 is 5.97 Å². The number of unbranched alkanes of at least 4 members (excludes halogenated alkanes) is 1. The minimum Gasteiger partial charge on any atom is -0.462 e. The molecule has 0 radical (unpaired) electrons. The van der Waals surface area contributed by atoms with Crippen LogP contribution in [0.25, 0.3) is 0 Å². The highest BCUT2D eigenvalue weighted by atomic mass is 16.5. The van der Waals surface area contributed by atoms with Crippen LogP contribution in [0, 0.1) is 5.92 Å². The van der Waals surface area contributed by atoms with Crippen LogP contribution in [0.1, 0.15) is 51.9 Å². The van der Waals surface area contributed by atoms with Gasteiger partial charge in [-0.3, -0.25) is 4.79 Å². The van der Waals surface area contributed by atoms with Gasteiger partial charge in [-0.2, -0.15) is 0 Å². The van der Waals surface area contributed by atoms with Gasteiger partial charge in [0, 0.05) is 18.2 Å². The number of rotatable bonds is 6. The molecule has 0 heterocycles. The zero-order valence-corrected chi connectivity index (χ0v) is 11.1. The van der Waals surface area contributed by atoms with Gasteiger partial charge in [-0.1, -0.05) is 32.6 Å². The third kappa shape index (κ3) is 5.84. The largest absolute Gasteiger partial charge is 0.462 e. The number of hydrogen-bond acceptors (Lipinski definition) is 3. The summed E-state index contributed by atoms with van der Waals surface area (Å²) in [5.74, 6) is -0.265. The van der Waals surface area contributed by atoms with Crippen molar-refractivity contribution < 1.29 is 14.3 Å². The SMILES string of the molecule is CCCCOC(=O)/C=C\NC(=O)C1CCCCC1. The van der Waals surface area contributed by atoms with E-state index in [2.05, 4.69) is 5.32 Å². The Hall–Kier alpha value is -1.32. The Labute approximate surface area is 109 Å². The molecule has 0 spiro atoms. The van der Waals surface area contributed by atoms with Crippen LogP contribution in [0.15, 0.2) is 12.3 Å². The van der Waals surface area contributed by atoms with Crippen LogP contribution in [0.4, 0.5) is 0 Å². The lowest BCUT2D eigenvalue weighted by atomic mass is 9.89. The molecule has 0 atom stereocenters. The van der Waals surface area contributed by atoms with Gasteiger partial charge in [0.1, 0.15) is 0 Å². The molecule has 18 heavy (non-hydrogen) atoms. The molecule has 0 unspecified atom stereocenters. The van der Waals surface area contributed by atoms with Crippen LogP contribution >= 0.6 is 0 Å². The zero-order chi connectivity index (χ0) is 13.2. The summed E-state index contributed by atoms with van der Waals surface area (Å²) in [7, 11) is 0. The number of hydrogen-bond donors (Lipinski definition) is 1. The first kappa shape index (κ1) is 14.7. The molecule has 1 fully saturated rings. The highest BCUT2D eigenvalue weighted by Gasteiger charge is 2.19. The molecule has 102 valence electrons. The van der Waals surface area contributed by atoms with Crippen LogP contribution in [-0.4, -0.2) is 18.5 Å². The first-order valence-corrected chi connectivity index (χ1v) is 6.87. The third-order valence-electron chi connectivity index (χ3n) is 3.16. The second kappa shape index (κ2) is 8.72. The highest BCUT2D eigenvalue weighted by Crippen LogP contribution is 2.23. The van der Waals surface area contributed by atoms with E-state index >= 15 is 0 Å². The molecule has 1 N–H and O–H groups in total. The van der Waals surface area contributed by atoms with Gasteiger partial charge in [-0.25, -0.2) is 4.79 Å². The summed E-state index contributed by atoms with van der Waals surface area (Å²) in [4.78, 5) is 22.9. The molecule has 0 bridgehead atoms. The van der Waals surface area contributed by atoms with E-state index in [1.807, 2.05) is 6.92 Å². The van der Waals surface area contributed by atoms with Gasteiger partial charge in [0.15, 0.2) is 0 Å². The van der Waals surface area contributed by atoms with Gasteiger partial charge >= 0.3 is 5.97 Å². The van der Waals surface area contributed by atoms with Crippen LogP contribution in [0.5, 0.6) is 0 Å². The average Bonchev–Trinajstić information content (AvgIpc) is 2.40. The fraction of sp³-hybridized carbons (Fsp3) is 0.714. The predicted molar refractivity (Wildman–Crippen MR) is 69.7 cm³/mol. The summed E-state index contributed by atoms with van der Waals surface area (Å²) in [6.07, 6.45) is 9.93. The second-order valence-electron chi connectivity index (χ2n) is 4.70. The van der Waals surface area contributed by atoms with Crippen molar-refractivity contribution in [2.45, 2.75) is 51.9 Å². The van der Waals surface area contributed by atoms with Gasteiger partial charge in [-0.05, 0) is 19.3 Å². The topological polar surface area (TPSA) is 55.4 Å². The molecule has 0 aliphatic heterocycles. The van der Waals surface area contributed by atoms with E-state index in [4.69, 9.17) is 4.74 Å². The molecule has 4 heteroatoms. The second-order valence-corrected chi connectivity index (χ2v) is 4.70. The predicted octanol–water partition coefficient (Wildman–Crippen LogP) is 2.54. The summed E-state index contributed by atoms with van der Waals surface area (Å²) in [6.45, 7) is 2.48. The molecule has 1 rings (SSSR count). The molecule has 1 aliphatic carbocycles. The Morgan fingerprint density at radius 1 is 1.28 bits per heavy atom. The number of ether oxygens (including phenoxy) is 1. The molecule has 0 aromatic heterocycles. The van der Waals surface area contributed by atoms with Gasteiger partial charge in [0.2, 0.25) is 5.91 Å². The van der Waals surface area contributed by atoms with Crippen molar-refractivity contribution in [1.82, 2.24) is 5.32 Å². The molecule has 1 amide bonds. The number of carbonyl (C=O) groups is 2. The normalized spacial score (nSPS) is 16.7. The van der Waals surface area contributed by atoms with Crippen molar-refractivity contribution in [3.8, 4) is 0 Å². The van der Waals surface area contributed by atoms with Crippen LogP contribution in [0.2, 0.25) is 0 Å². The van der Waals surface area contributed by atoms with E-state index in [0.717, 1.165) is 38.5 Å². The Kier molecular flexibility index (Phi) is 7.14. The van der Waals surface area contributed by atoms with Gasteiger partial charge < -0.3 is 10.1 Å². The van der Waals surface area contributed by atoms with Crippen LogP contribution in [0.3, 0.4) is 0 Å². The summed E-state index contributed by atoms with van der Waals surface area (Å²) in [6, 6.07) is 0. The van der Waals surface area contributed by atoms with E-state index in [1.165, 1.54) is 18.7 Å². The number of nitrogens with one attached hydrogen (secondary N) is 1. The van der Waals surface area contributed by atoms with Crippen molar-refractivity contribution in [3.63, 3.8) is 0 Å². The lowest BCUT2D eigenvalue weighted by Gasteiger charge is -2.19. The third-order valence-corrected chi connectivity index (χ3v) is 3.16. The van der Waals surface area contributed by atoms with Gasteiger partial charge in [-0.15, -0.1) is 0 Å². The summed E-state index contributed by atoms with van der Waals surface area (Å²) < 4.78 is 4.93. The van der Waals surface area contributed by atoms with Crippen molar-refractivity contribution in [3.05, 3.63) is 12.3 Å². The van der Waals surface area contributed by atoms with E-state index in [0.29, 0.717) is 6.61 Å². The zero-order valence-electron chi connectivity index (χ0n) is 11.1. The Morgan fingerprint density at radius 3 is 2.67 bits per heavy atom. The standard InChI is InChI=1S/C14H23NO3/c1-2-3-11-18-13(16)9-10-15-14(17)12-7-5-4-6-8-12/h9-10,12H,2-8,11H2,1H3,(H,15,17)/b10-9-. The summed E-state index contributed by atoms with van der Waals surface area (Å²) >= 11 is 0. The molecule has 0 saturated heterocycles. The van der Waals surface area contributed by atoms with Crippen molar-refractivity contribution in [2.75, 3.05) is 6.61 Å². The van der Waals surface area contributed by atoms with E-state index in [-0.39, 0.29) is 11.8 Å². The quantitative estimate of drug-likeness (QED) is 0.449. The lowest BCUT2D eigenvalue weighted by molar-refractivity contribution is -0.137. The van der Waals surface area contributed by atoms with E-state index in [9.17, 15) is 9.59 Å². The minimum atomic E-state index is -0.396. The van der Waals surface area contributed by atoms with Gasteiger partial charge in [0.05, 0.1) is 6.61 Å². The fourth-order valence-corrected chi connectivity index (χ4v) is 2.04. The Balaban J connectivity index is 2.18. The van der Waals surface area contributed by atoms with Gasteiger partial charge in [0.25, 0.3) is 0 Å². The van der Waals surface area contributed by atoms with E-state index in [1.54, 1.807) is 0 Å². The number of amides is 1. The molecular formula is C14H23NO3. The Bertz CT molecular complexity index is 293. The van der Waals surface area contributed by atoms with Crippen LogP contribution in [-0.2, 0) is 14.3 Å². The number of carbonyl (C=O) groups excluding carboxylic acids is 2. The summed E-state index contributed by atoms with van der Waals surface area (Å²) in [5, 5.41) is 2.65. The number of esters is 1. The maximum Gasteiger partial charge on any atom is 0.332 e. The molecular weight excluding hydrogens is 230 g/mol. The van der Waals surface area contributed by atoms with Crippen molar-refractivity contribution in [2.24, 2.45) is 5.92 Å². The average molecular weight is 253 g/mol.